The van der Waals surface area contributed by atoms with Crippen LogP contribution in [0, 0.1) is 16.0 Å². The SMILES string of the molecule is C[C@H](c1ccccc1)[C@@H](CC(=O)O)C(=O)Nc1ccc([N+](=O)[O-])cc1. The summed E-state index contributed by atoms with van der Waals surface area (Å²) in [5, 5.41) is 22.4. The van der Waals surface area contributed by atoms with Gasteiger partial charge in [-0.15, -0.1) is 0 Å². The highest BCUT2D eigenvalue weighted by atomic mass is 16.6. The maximum Gasteiger partial charge on any atom is 0.304 e. The molecule has 0 radical (unpaired) electrons. The third kappa shape index (κ3) is 4.87. The average Bonchev–Trinajstić information content (AvgIpc) is 2.60. The van der Waals surface area contributed by atoms with Crippen LogP contribution >= 0.6 is 0 Å². The van der Waals surface area contributed by atoms with E-state index in [1.807, 2.05) is 30.3 Å². The molecule has 2 N–H and O–H groups in total. The zero-order valence-corrected chi connectivity index (χ0v) is 13.6. The van der Waals surface area contributed by atoms with Crippen molar-refractivity contribution in [2.45, 2.75) is 19.3 Å². The number of aliphatic carboxylic acids is 1. The van der Waals surface area contributed by atoms with Crippen molar-refractivity contribution in [2.75, 3.05) is 5.32 Å². The molecule has 2 aromatic carbocycles. The van der Waals surface area contributed by atoms with Crippen molar-refractivity contribution in [1.29, 1.82) is 0 Å². The maximum atomic E-state index is 12.6. The predicted molar refractivity (Wildman–Crippen MR) is 92.3 cm³/mol. The van der Waals surface area contributed by atoms with Gasteiger partial charge in [0.25, 0.3) is 5.69 Å². The van der Waals surface area contributed by atoms with Crippen LogP contribution < -0.4 is 5.32 Å². The molecule has 0 heterocycles. The number of carbonyl (C=O) groups is 2. The Morgan fingerprint density at radius 1 is 1.12 bits per heavy atom. The first kappa shape index (κ1) is 18.1. The summed E-state index contributed by atoms with van der Waals surface area (Å²) in [4.78, 5) is 33.9. The highest BCUT2D eigenvalue weighted by Gasteiger charge is 2.28. The van der Waals surface area contributed by atoms with Crippen LogP contribution in [0.4, 0.5) is 11.4 Å². The summed E-state index contributed by atoms with van der Waals surface area (Å²) in [6.07, 6.45) is -0.311. The second kappa shape index (κ2) is 8.05. The number of amides is 1. The van der Waals surface area contributed by atoms with Gasteiger partial charge < -0.3 is 10.4 Å². The number of nitrogens with zero attached hydrogens (tertiary/aromatic N) is 1. The van der Waals surface area contributed by atoms with Crippen LogP contribution in [0.5, 0.6) is 0 Å². The van der Waals surface area contributed by atoms with Crippen LogP contribution in [-0.2, 0) is 9.59 Å². The summed E-state index contributed by atoms with van der Waals surface area (Å²) in [6.45, 7) is 1.80. The molecule has 0 aliphatic heterocycles. The van der Waals surface area contributed by atoms with Crippen LogP contribution in [-0.4, -0.2) is 21.9 Å². The summed E-state index contributed by atoms with van der Waals surface area (Å²) >= 11 is 0. The third-order valence-corrected chi connectivity index (χ3v) is 4.01. The number of carboxylic acids is 1. The number of non-ortho nitro benzene ring substituents is 1. The van der Waals surface area contributed by atoms with E-state index in [4.69, 9.17) is 5.11 Å². The molecule has 0 unspecified atom stereocenters. The maximum absolute atomic E-state index is 12.6. The van der Waals surface area contributed by atoms with Crippen molar-refractivity contribution in [3.63, 3.8) is 0 Å². The number of rotatable bonds is 7. The smallest absolute Gasteiger partial charge is 0.304 e. The molecule has 2 aromatic rings. The molecular formula is C18H18N2O5. The third-order valence-electron chi connectivity index (χ3n) is 4.01. The van der Waals surface area contributed by atoms with Gasteiger partial charge in [0.05, 0.1) is 17.3 Å². The highest BCUT2D eigenvalue weighted by Crippen LogP contribution is 2.28. The largest absolute Gasteiger partial charge is 0.481 e. The molecule has 0 aliphatic rings. The Kier molecular flexibility index (Phi) is 5.84. The lowest BCUT2D eigenvalue weighted by molar-refractivity contribution is -0.384. The fraction of sp³-hybridized carbons (Fsp3) is 0.222. The number of nitro groups is 1. The number of hydrogen-bond acceptors (Lipinski definition) is 4. The lowest BCUT2D eigenvalue weighted by Crippen LogP contribution is -2.29. The fourth-order valence-corrected chi connectivity index (χ4v) is 2.58. The molecular weight excluding hydrogens is 324 g/mol. The Hall–Kier alpha value is -3.22. The Morgan fingerprint density at radius 3 is 2.24 bits per heavy atom. The van der Waals surface area contributed by atoms with Crippen molar-refractivity contribution >= 4 is 23.3 Å². The second-order valence-electron chi connectivity index (χ2n) is 5.70. The molecule has 7 nitrogen and oxygen atoms in total. The van der Waals surface area contributed by atoms with Crippen LogP contribution in [0.3, 0.4) is 0 Å². The normalized spacial score (nSPS) is 12.8. The molecule has 2 rings (SSSR count). The number of carboxylic acid groups (broad SMARTS) is 1. The average molecular weight is 342 g/mol. The number of benzene rings is 2. The van der Waals surface area contributed by atoms with Gasteiger partial charge in [0, 0.05) is 17.8 Å². The monoisotopic (exact) mass is 342 g/mol. The Labute approximate surface area is 144 Å². The molecule has 0 saturated carbocycles. The summed E-state index contributed by atoms with van der Waals surface area (Å²) in [7, 11) is 0. The van der Waals surface area contributed by atoms with E-state index in [-0.39, 0.29) is 18.0 Å². The molecule has 0 spiro atoms. The molecule has 25 heavy (non-hydrogen) atoms. The van der Waals surface area contributed by atoms with Crippen LogP contribution in [0.15, 0.2) is 54.6 Å². The summed E-state index contributed by atoms with van der Waals surface area (Å²) < 4.78 is 0. The van der Waals surface area contributed by atoms with Crippen molar-refractivity contribution in [3.05, 3.63) is 70.3 Å². The van der Waals surface area contributed by atoms with Gasteiger partial charge in [0.15, 0.2) is 0 Å². The van der Waals surface area contributed by atoms with E-state index in [0.29, 0.717) is 5.69 Å². The summed E-state index contributed by atoms with van der Waals surface area (Å²) in [5.41, 5.74) is 1.16. The zero-order chi connectivity index (χ0) is 18.4. The lowest BCUT2D eigenvalue weighted by Gasteiger charge is -2.22. The first-order valence-electron chi connectivity index (χ1n) is 7.70. The van der Waals surface area contributed by atoms with Gasteiger partial charge in [0.1, 0.15) is 0 Å². The second-order valence-corrected chi connectivity index (χ2v) is 5.70. The van der Waals surface area contributed by atoms with Crippen LogP contribution in [0.25, 0.3) is 0 Å². The summed E-state index contributed by atoms with van der Waals surface area (Å²) in [6, 6.07) is 14.6. The Bertz CT molecular complexity index is 759. The van der Waals surface area contributed by atoms with Gasteiger partial charge in [-0.3, -0.25) is 19.7 Å². The summed E-state index contributed by atoms with van der Waals surface area (Å²) in [5.74, 6) is -2.57. The van der Waals surface area contributed by atoms with Gasteiger partial charge in [-0.1, -0.05) is 37.3 Å². The van der Waals surface area contributed by atoms with Crippen molar-refractivity contribution < 1.29 is 19.6 Å². The lowest BCUT2D eigenvalue weighted by atomic mass is 9.84. The van der Waals surface area contributed by atoms with E-state index in [1.54, 1.807) is 6.92 Å². The van der Waals surface area contributed by atoms with Crippen LogP contribution in [0.1, 0.15) is 24.8 Å². The van der Waals surface area contributed by atoms with E-state index in [2.05, 4.69) is 5.32 Å². The number of nitro benzene ring substituents is 1. The number of anilines is 1. The molecule has 0 aromatic heterocycles. The molecule has 2 atom stereocenters. The van der Waals surface area contributed by atoms with Gasteiger partial charge >= 0.3 is 5.97 Å². The Morgan fingerprint density at radius 2 is 1.72 bits per heavy atom. The number of carbonyl (C=O) groups excluding carboxylic acids is 1. The molecule has 130 valence electrons. The minimum atomic E-state index is -1.06. The van der Waals surface area contributed by atoms with Gasteiger partial charge in [0.2, 0.25) is 5.91 Å². The highest BCUT2D eigenvalue weighted by molar-refractivity contribution is 5.95. The van der Waals surface area contributed by atoms with Gasteiger partial charge in [-0.2, -0.15) is 0 Å². The topological polar surface area (TPSA) is 110 Å². The van der Waals surface area contributed by atoms with Crippen molar-refractivity contribution in [2.24, 2.45) is 5.92 Å². The molecule has 0 saturated heterocycles. The number of hydrogen-bond donors (Lipinski definition) is 2. The van der Waals surface area contributed by atoms with E-state index in [9.17, 15) is 19.7 Å². The van der Waals surface area contributed by atoms with Crippen molar-refractivity contribution in [1.82, 2.24) is 0 Å². The molecule has 7 heteroatoms. The van der Waals surface area contributed by atoms with Gasteiger partial charge in [-0.05, 0) is 23.6 Å². The van der Waals surface area contributed by atoms with E-state index in [0.717, 1.165) is 5.56 Å². The quantitative estimate of drug-likeness (QED) is 0.592. The predicted octanol–water partition coefficient (Wildman–Crippen LogP) is 3.43. The first-order chi connectivity index (χ1) is 11.9. The van der Waals surface area contributed by atoms with E-state index >= 15 is 0 Å². The standard InChI is InChI=1S/C18H18N2O5/c1-12(13-5-3-2-4-6-13)16(11-17(21)22)18(23)19-14-7-9-15(10-8-14)20(24)25/h2-10,12,16H,11H2,1H3,(H,19,23)(H,21,22)/t12-,16-/m1/s1. The first-order valence-corrected chi connectivity index (χ1v) is 7.70. The zero-order valence-electron chi connectivity index (χ0n) is 13.6. The fourth-order valence-electron chi connectivity index (χ4n) is 2.58. The van der Waals surface area contributed by atoms with E-state index in [1.165, 1.54) is 24.3 Å². The van der Waals surface area contributed by atoms with Gasteiger partial charge in [-0.25, -0.2) is 0 Å². The molecule has 0 aliphatic carbocycles. The minimum Gasteiger partial charge on any atom is -0.481 e. The van der Waals surface area contributed by atoms with Crippen molar-refractivity contribution in [3.8, 4) is 0 Å². The van der Waals surface area contributed by atoms with E-state index < -0.39 is 22.7 Å². The molecule has 1 amide bonds. The minimum absolute atomic E-state index is 0.0854. The molecule has 0 fully saturated rings. The molecule has 0 bridgehead atoms. The Balaban J connectivity index is 2.17. The number of nitrogens with one attached hydrogen (secondary N) is 1. The van der Waals surface area contributed by atoms with Crippen LogP contribution in [0.2, 0.25) is 0 Å².